The molecular weight excluding hydrogens is 1000 g/mol. The molecule has 1 fully saturated rings. The van der Waals surface area contributed by atoms with Crippen molar-refractivity contribution in [1.82, 2.24) is 39.5 Å². The Labute approximate surface area is 401 Å². The minimum absolute atomic E-state index is 0.0230. The lowest BCUT2D eigenvalue weighted by Gasteiger charge is -2.26. The molecule has 2 heterocycles. The van der Waals surface area contributed by atoms with Crippen LogP contribution < -0.4 is 24.2 Å². The summed E-state index contributed by atoms with van der Waals surface area (Å²) in [6.45, 7) is 10.3. The molecule has 1 unspecified atom stereocenters. The Morgan fingerprint density at radius 3 is 1.76 bits per heavy atom. The van der Waals surface area contributed by atoms with Gasteiger partial charge in [0, 0.05) is 29.7 Å². The first-order valence-electron chi connectivity index (χ1n) is 20.8. The second kappa shape index (κ2) is 21.1. The summed E-state index contributed by atoms with van der Waals surface area (Å²) < 4.78 is 78.5. The number of carbonyl (C=O) groups is 2. The van der Waals surface area contributed by atoms with Crippen LogP contribution in [0.4, 0.5) is 9.59 Å². The summed E-state index contributed by atoms with van der Waals surface area (Å²) in [4.78, 5) is 28.8. The zero-order valence-corrected chi connectivity index (χ0v) is 42.0. The molecule has 354 valence electrons. The van der Waals surface area contributed by atoms with Crippen molar-refractivity contribution in [3.63, 3.8) is 0 Å². The minimum atomic E-state index is -4.67. The zero-order chi connectivity index (χ0) is 48.0. The monoisotopic (exact) mass is 1060 g/mol. The van der Waals surface area contributed by atoms with Gasteiger partial charge in [-0.25, -0.2) is 26.9 Å². The molecule has 18 nitrogen and oxygen atoms in total. The summed E-state index contributed by atoms with van der Waals surface area (Å²) in [7, 11) is -2.34. The topological polar surface area (TPSA) is 206 Å². The lowest BCUT2D eigenvalue weighted by Crippen LogP contribution is -2.50. The molecule has 1 saturated heterocycles. The molecule has 66 heavy (non-hydrogen) atoms. The smallest absolute Gasteiger partial charge is 0.410 e. The summed E-state index contributed by atoms with van der Waals surface area (Å²) in [5.41, 5.74) is 0.534. The molecule has 6 rings (SSSR count). The largest absolute Gasteiger partial charge is 0.497 e. The first kappa shape index (κ1) is 50.1. The average molecular weight is 1060 g/mol. The molecule has 0 aliphatic carbocycles. The van der Waals surface area contributed by atoms with E-state index in [1.807, 2.05) is 34.7 Å². The Morgan fingerprint density at radius 2 is 1.26 bits per heavy atom. The molecule has 2 amide bonds. The predicted molar refractivity (Wildman–Crippen MR) is 255 cm³/mol. The van der Waals surface area contributed by atoms with Gasteiger partial charge in [-0.3, -0.25) is 0 Å². The van der Waals surface area contributed by atoms with E-state index >= 15 is 12.6 Å². The van der Waals surface area contributed by atoms with Crippen LogP contribution in [0.2, 0.25) is 0 Å². The van der Waals surface area contributed by atoms with Gasteiger partial charge in [-0.05, 0) is 135 Å². The van der Waals surface area contributed by atoms with Crippen LogP contribution in [0.25, 0.3) is 11.4 Å². The molecule has 5 aromatic rings. The van der Waals surface area contributed by atoms with Gasteiger partial charge in [0.05, 0.1) is 50.4 Å². The minimum Gasteiger partial charge on any atom is -0.497 e. The molecule has 0 bridgehead atoms. The third kappa shape index (κ3) is 13.0. The number of carbonyl (C=O) groups excluding carboxylic acids is 2. The van der Waals surface area contributed by atoms with Gasteiger partial charge >= 0.3 is 12.2 Å². The number of aromatic nitrogens is 4. The normalized spacial score (nSPS) is 15.9. The van der Waals surface area contributed by atoms with Crippen molar-refractivity contribution in [3.8, 4) is 28.6 Å². The van der Waals surface area contributed by atoms with E-state index in [1.165, 1.54) is 20.1 Å². The van der Waals surface area contributed by atoms with E-state index in [1.54, 1.807) is 130 Å². The van der Waals surface area contributed by atoms with Crippen molar-refractivity contribution in [2.75, 3.05) is 34.4 Å². The third-order valence-corrected chi connectivity index (χ3v) is 14.2. The average Bonchev–Trinajstić information content (AvgIpc) is 3.89. The number of halogens is 1. The molecule has 1 aliphatic heterocycles. The highest BCUT2D eigenvalue weighted by Crippen LogP contribution is 2.37. The number of methoxy groups -OCH3 is 3. The van der Waals surface area contributed by atoms with Crippen molar-refractivity contribution in [3.05, 3.63) is 105 Å². The quantitative estimate of drug-likeness (QED) is 0.101. The van der Waals surface area contributed by atoms with E-state index in [2.05, 4.69) is 25.4 Å². The standard InChI is InChI=1S/C45H55IN8O10S2/c1-44(2,3)63-42(55)47-36-27-52(43(56)64-45(4,5)6)28-37(36)50-65(57)38-23-22-35(46)39(41-48-51-54(49-41)26-31-14-20-34(62-9)21-15-31)40(38)66(58,59)53(24-29-10-16-32(60-7)17-11-29)25-30-12-18-33(61-8)19-13-30/h10-23,36-37,50H,24-28H2,1-9H3,(H,47,55)/t36-,37-,65?/m1/s1. The van der Waals surface area contributed by atoms with E-state index in [9.17, 15) is 9.59 Å². The van der Waals surface area contributed by atoms with Crippen LogP contribution in [-0.4, -0.2) is 112 Å². The molecule has 3 atom stereocenters. The predicted octanol–water partition coefficient (Wildman–Crippen LogP) is 6.53. The number of nitrogens with one attached hydrogen (secondary N) is 2. The van der Waals surface area contributed by atoms with Gasteiger partial charge in [-0.2, -0.15) is 9.10 Å². The third-order valence-electron chi connectivity index (χ3n) is 10.00. The summed E-state index contributed by atoms with van der Waals surface area (Å²) >= 11 is 2.01. The number of amides is 2. The number of benzene rings is 4. The van der Waals surface area contributed by atoms with Gasteiger partial charge in [-0.15, -0.1) is 10.2 Å². The Morgan fingerprint density at radius 1 is 0.758 bits per heavy atom. The summed E-state index contributed by atoms with van der Waals surface area (Å²) in [6.07, 6.45) is -1.41. The van der Waals surface area contributed by atoms with Crippen LogP contribution >= 0.6 is 22.6 Å². The van der Waals surface area contributed by atoms with Gasteiger partial charge in [0.2, 0.25) is 15.8 Å². The van der Waals surface area contributed by atoms with E-state index in [0.717, 1.165) is 5.56 Å². The maximum absolute atomic E-state index is 15.7. The second-order valence-electron chi connectivity index (χ2n) is 17.3. The highest BCUT2D eigenvalue weighted by molar-refractivity contribution is 14.1. The first-order chi connectivity index (χ1) is 31.2. The number of hydrogen-bond donors (Lipinski definition) is 2. The molecule has 21 heteroatoms. The molecule has 2 N–H and O–H groups in total. The van der Waals surface area contributed by atoms with Crippen LogP contribution in [0, 0.1) is 3.57 Å². The van der Waals surface area contributed by atoms with Gasteiger partial charge in [-0.1, -0.05) is 36.4 Å². The van der Waals surface area contributed by atoms with Crippen molar-refractivity contribution >= 4 is 55.8 Å². The molecule has 0 spiro atoms. The molecular formula is C45H55IN8O10S2. The van der Waals surface area contributed by atoms with Gasteiger partial charge in [0.25, 0.3) is 0 Å². The maximum Gasteiger partial charge on any atom is 0.410 e. The van der Waals surface area contributed by atoms with Crippen LogP contribution in [0.3, 0.4) is 0 Å². The lowest BCUT2D eigenvalue weighted by molar-refractivity contribution is 0.0281. The van der Waals surface area contributed by atoms with E-state index in [-0.39, 0.29) is 53.9 Å². The van der Waals surface area contributed by atoms with E-state index in [0.29, 0.717) is 31.9 Å². The Bertz CT molecular complexity index is 2570. The fourth-order valence-corrected chi connectivity index (χ4v) is 11.1. The highest BCUT2D eigenvalue weighted by Gasteiger charge is 2.41. The Hall–Kier alpha value is -5.36. The first-order valence-corrected chi connectivity index (χ1v) is 24.5. The van der Waals surface area contributed by atoms with Gasteiger partial charge in [0.15, 0.2) is 0 Å². The zero-order valence-electron chi connectivity index (χ0n) is 38.2. The van der Waals surface area contributed by atoms with Gasteiger partial charge < -0.3 is 33.9 Å². The summed E-state index contributed by atoms with van der Waals surface area (Å²) in [6, 6.07) is 22.7. The van der Waals surface area contributed by atoms with E-state index in [4.69, 9.17) is 23.7 Å². The number of rotatable bonds is 16. The van der Waals surface area contributed by atoms with Crippen LogP contribution in [0.15, 0.2) is 94.7 Å². The summed E-state index contributed by atoms with van der Waals surface area (Å²) in [5, 5.41) is 16.1. The highest BCUT2D eigenvalue weighted by atomic mass is 127. The number of ether oxygens (including phenoxy) is 5. The van der Waals surface area contributed by atoms with Crippen molar-refractivity contribution in [2.45, 2.75) is 94.3 Å². The molecule has 1 aromatic heterocycles. The fourth-order valence-electron chi connectivity index (χ4n) is 6.88. The van der Waals surface area contributed by atoms with Crippen molar-refractivity contribution < 1.29 is 45.9 Å². The molecule has 0 radical (unpaired) electrons. The molecule has 1 aliphatic rings. The number of alkyl carbamates (subject to hydrolysis) is 1. The number of sulfonamides is 1. The molecule has 4 aromatic carbocycles. The van der Waals surface area contributed by atoms with Crippen LogP contribution in [-0.2, 0) is 50.1 Å². The lowest BCUT2D eigenvalue weighted by atomic mass is 10.2. The Kier molecular flexibility index (Phi) is 16.0. The summed E-state index contributed by atoms with van der Waals surface area (Å²) in [5.74, 6) is 1.82. The van der Waals surface area contributed by atoms with Crippen molar-refractivity contribution in [1.29, 1.82) is 0 Å². The number of tetrazole rings is 1. The SMILES string of the molecule is COc1ccc(CN(Cc2ccc(OC)cc2)S(=O)(=O)c2c(S(=O)N[C@@H]3CN(C(=O)OC(C)(C)C)C[C@H]3NC(=O)OC(C)(C)C)ccc(I)c2-c2nnn(Cc3ccc(OC)cc3)n2)cc1. The number of nitrogens with zero attached hydrogens (tertiary/aromatic N) is 6. The van der Waals surface area contributed by atoms with Crippen molar-refractivity contribution in [2.24, 2.45) is 0 Å². The number of likely N-dealkylation sites (tertiary alicyclic amines) is 1. The molecule has 0 saturated carbocycles. The maximum atomic E-state index is 15.7. The second-order valence-corrected chi connectivity index (χ2v) is 21.6. The number of hydrogen-bond acceptors (Lipinski definition) is 13. The van der Waals surface area contributed by atoms with Crippen LogP contribution in [0.5, 0.6) is 17.2 Å². The fraction of sp³-hybridized carbons (Fsp3) is 0.400. The Balaban J connectivity index is 1.47. The van der Waals surface area contributed by atoms with E-state index < -0.39 is 56.5 Å². The van der Waals surface area contributed by atoms with Gasteiger partial charge in [0.1, 0.15) is 44.3 Å². The van der Waals surface area contributed by atoms with Crippen LogP contribution in [0.1, 0.15) is 58.2 Å².